The van der Waals surface area contributed by atoms with Crippen molar-refractivity contribution in [3.05, 3.63) is 76.8 Å². The summed E-state index contributed by atoms with van der Waals surface area (Å²) in [5, 5.41) is 13.4. The number of hydrogen-bond acceptors (Lipinski definition) is 5. The van der Waals surface area contributed by atoms with E-state index in [9.17, 15) is 14.9 Å². The largest absolute Gasteiger partial charge is 0.484 e. The van der Waals surface area contributed by atoms with E-state index in [4.69, 9.17) is 4.74 Å². The van der Waals surface area contributed by atoms with Gasteiger partial charge in [0.25, 0.3) is 11.6 Å². The Balaban J connectivity index is 1.34. The van der Waals surface area contributed by atoms with Crippen LogP contribution in [0.2, 0.25) is 0 Å². The minimum atomic E-state index is -0.371. The van der Waals surface area contributed by atoms with Gasteiger partial charge in [0.15, 0.2) is 6.61 Å². The number of hydrogen-bond donors (Lipinski definition) is 0. The number of anilines is 1. The van der Waals surface area contributed by atoms with Crippen molar-refractivity contribution >= 4 is 28.1 Å². The first kappa shape index (κ1) is 18.7. The Morgan fingerprint density at radius 2 is 1.62 bits per heavy atom. The van der Waals surface area contributed by atoms with Gasteiger partial charge in [0, 0.05) is 32.2 Å². The van der Waals surface area contributed by atoms with Crippen molar-refractivity contribution in [3.8, 4) is 5.75 Å². The number of nitro groups is 1. The molecule has 0 saturated carbocycles. The number of piperazine rings is 1. The van der Waals surface area contributed by atoms with Crippen molar-refractivity contribution in [3.63, 3.8) is 0 Å². The Bertz CT molecular complexity index is 1040. The van der Waals surface area contributed by atoms with E-state index < -0.39 is 0 Å². The van der Waals surface area contributed by atoms with Crippen molar-refractivity contribution < 1.29 is 14.5 Å². The van der Waals surface area contributed by atoms with E-state index in [1.165, 1.54) is 6.07 Å². The third kappa shape index (κ3) is 4.13. The Morgan fingerprint density at radius 3 is 2.38 bits per heavy atom. The molecule has 4 rings (SSSR count). The number of nitro benzene ring substituents is 1. The quantitative estimate of drug-likeness (QED) is 0.492. The summed E-state index contributed by atoms with van der Waals surface area (Å²) in [6, 6.07) is 20.4. The van der Waals surface area contributed by atoms with Gasteiger partial charge in [0.05, 0.1) is 4.92 Å². The summed E-state index contributed by atoms with van der Waals surface area (Å²) >= 11 is 0. The second-order valence-electron chi connectivity index (χ2n) is 6.91. The van der Waals surface area contributed by atoms with Gasteiger partial charge < -0.3 is 14.5 Å². The Morgan fingerprint density at radius 1 is 0.931 bits per heavy atom. The second-order valence-corrected chi connectivity index (χ2v) is 6.91. The van der Waals surface area contributed by atoms with Crippen LogP contribution in [0.1, 0.15) is 0 Å². The zero-order valence-electron chi connectivity index (χ0n) is 15.9. The molecule has 1 amide bonds. The number of benzene rings is 3. The molecule has 7 nitrogen and oxygen atoms in total. The molecule has 0 unspecified atom stereocenters. The number of fused-ring (bicyclic) bond motifs is 1. The molecule has 1 fully saturated rings. The van der Waals surface area contributed by atoms with Gasteiger partial charge >= 0.3 is 0 Å². The van der Waals surface area contributed by atoms with Crippen LogP contribution in [0.15, 0.2) is 66.7 Å². The van der Waals surface area contributed by atoms with Crippen molar-refractivity contribution in [1.82, 2.24) is 4.90 Å². The monoisotopic (exact) mass is 391 g/mol. The van der Waals surface area contributed by atoms with E-state index in [1.807, 2.05) is 47.4 Å². The molecular formula is C22H21N3O4. The summed E-state index contributed by atoms with van der Waals surface area (Å²) in [4.78, 5) is 27.1. The van der Waals surface area contributed by atoms with Gasteiger partial charge in [-0.25, -0.2) is 0 Å². The van der Waals surface area contributed by atoms with Crippen LogP contribution >= 0.6 is 0 Å². The molecule has 3 aromatic carbocycles. The first-order valence-corrected chi connectivity index (χ1v) is 9.49. The van der Waals surface area contributed by atoms with Gasteiger partial charge in [-0.15, -0.1) is 0 Å². The fourth-order valence-electron chi connectivity index (χ4n) is 3.58. The van der Waals surface area contributed by atoms with Crippen LogP contribution in [-0.4, -0.2) is 48.5 Å². The summed E-state index contributed by atoms with van der Waals surface area (Å²) in [6.07, 6.45) is 0. The van der Waals surface area contributed by atoms with Crippen molar-refractivity contribution in [2.24, 2.45) is 0 Å². The van der Waals surface area contributed by atoms with Crippen molar-refractivity contribution in [2.45, 2.75) is 0 Å². The Kier molecular flexibility index (Phi) is 5.29. The summed E-state index contributed by atoms with van der Waals surface area (Å²) in [5.41, 5.74) is 0.684. The number of amides is 1. The molecule has 0 N–H and O–H groups in total. The number of ether oxygens (including phenoxy) is 1. The van der Waals surface area contributed by atoms with Crippen LogP contribution in [-0.2, 0) is 4.79 Å². The fraction of sp³-hybridized carbons (Fsp3) is 0.227. The SMILES string of the molecule is O=C(COc1ccc2ccccc2c1)N1CCN(c2ccccc2[N+](=O)[O-])CC1. The first-order valence-electron chi connectivity index (χ1n) is 9.49. The summed E-state index contributed by atoms with van der Waals surface area (Å²) in [6.45, 7) is 2.08. The average Bonchev–Trinajstić information content (AvgIpc) is 2.77. The number of para-hydroxylation sites is 2. The molecule has 29 heavy (non-hydrogen) atoms. The highest BCUT2D eigenvalue weighted by atomic mass is 16.6. The predicted octanol–water partition coefficient (Wildman–Crippen LogP) is 3.48. The maximum absolute atomic E-state index is 12.5. The maximum atomic E-state index is 12.5. The highest BCUT2D eigenvalue weighted by Gasteiger charge is 2.25. The van der Waals surface area contributed by atoms with Gasteiger partial charge in [0.2, 0.25) is 0 Å². The molecule has 0 bridgehead atoms. The minimum Gasteiger partial charge on any atom is -0.484 e. The van der Waals surface area contributed by atoms with Crippen molar-refractivity contribution in [2.75, 3.05) is 37.7 Å². The van der Waals surface area contributed by atoms with Gasteiger partial charge in [-0.1, -0.05) is 42.5 Å². The Labute approximate surface area is 168 Å². The molecule has 1 saturated heterocycles. The predicted molar refractivity (Wildman–Crippen MR) is 111 cm³/mol. The van der Waals surface area contributed by atoms with Gasteiger partial charge in [0.1, 0.15) is 11.4 Å². The van der Waals surface area contributed by atoms with E-state index in [0.717, 1.165) is 10.8 Å². The van der Waals surface area contributed by atoms with Crippen LogP contribution < -0.4 is 9.64 Å². The molecule has 0 aromatic heterocycles. The Hall–Kier alpha value is -3.61. The van der Waals surface area contributed by atoms with Gasteiger partial charge in [-0.3, -0.25) is 14.9 Å². The highest BCUT2D eigenvalue weighted by molar-refractivity contribution is 5.84. The molecule has 3 aromatic rings. The number of rotatable bonds is 5. The molecule has 0 radical (unpaired) electrons. The third-order valence-electron chi connectivity index (χ3n) is 5.13. The minimum absolute atomic E-state index is 0.0240. The molecule has 148 valence electrons. The molecule has 7 heteroatoms. The van der Waals surface area contributed by atoms with Crippen molar-refractivity contribution in [1.29, 1.82) is 0 Å². The molecular weight excluding hydrogens is 370 g/mol. The fourth-order valence-corrected chi connectivity index (χ4v) is 3.58. The van der Waals surface area contributed by atoms with E-state index in [0.29, 0.717) is 37.6 Å². The number of nitrogens with zero attached hydrogens (tertiary/aromatic N) is 3. The standard InChI is InChI=1S/C22H21N3O4/c26-22(16-29-19-10-9-17-5-1-2-6-18(17)15-19)24-13-11-23(12-14-24)20-7-3-4-8-21(20)25(27)28/h1-10,15H,11-14,16H2. The summed E-state index contributed by atoms with van der Waals surface area (Å²) in [7, 11) is 0. The summed E-state index contributed by atoms with van der Waals surface area (Å²) in [5.74, 6) is 0.580. The lowest BCUT2D eigenvalue weighted by atomic mass is 10.1. The molecule has 1 heterocycles. The lowest BCUT2D eigenvalue weighted by Gasteiger charge is -2.35. The van der Waals surface area contributed by atoms with E-state index >= 15 is 0 Å². The van der Waals surface area contributed by atoms with Gasteiger partial charge in [-0.05, 0) is 29.0 Å². The lowest BCUT2D eigenvalue weighted by Crippen LogP contribution is -2.50. The first-order chi connectivity index (χ1) is 14.1. The number of carbonyl (C=O) groups is 1. The molecule has 1 aliphatic heterocycles. The van der Waals surface area contributed by atoms with Crippen LogP contribution in [0, 0.1) is 10.1 Å². The second kappa shape index (κ2) is 8.18. The van der Waals surface area contributed by atoms with Crippen LogP contribution in [0.3, 0.4) is 0 Å². The smallest absolute Gasteiger partial charge is 0.292 e. The topological polar surface area (TPSA) is 75.9 Å². The highest BCUT2D eigenvalue weighted by Crippen LogP contribution is 2.28. The normalized spacial score (nSPS) is 14.1. The average molecular weight is 391 g/mol. The maximum Gasteiger partial charge on any atom is 0.292 e. The van der Waals surface area contributed by atoms with E-state index in [2.05, 4.69) is 0 Å². The lowest BCUT2D eigenvalue weighted by molar-refractivity contribution is -0.384. The summed E-state index contributed by atoms with van der Waals surface area (Å²) < 4.78 is 5.70. The van der Waals surface area contributed by atoms with Crippen LogP contribution in [0.4, 0.5) is 11.4 Å². The molecule has 0 spiro atoms. The van der Waals surface area contributed by atoms with Crippen LogP contribution in [0.5, 0.6) is 5.75 Å². The van der Waals surface area contributed by atoms with E-state index in [-0.39, 0.29) is 23.1 Å². The zero-order chi connectivity index (χ0) is 20.2. The van der Waals surface area contributed by atoms with Crippen LogP contribution in [0.25, 0.3) is 10.8 Å². The molecule has 0 atom stereocenters. The zero-order valence-corrected chi connectivity index (χ0v) is 15.9. The molecule has 1 aliphatic rings. The molecule has 0 aliphatic carbocycles. The third-order valence-corrected chi connectivity index (χ3v) is 5.13. The van der Waals surface area contributed by atoms with E-state index in [1.54, 1.807) is 23.1 Å². The number of carbonyl (C=O) groups excluding carboxylic acids is 1. The van der Waals surface area contributed by atoms with Gasteiger partial charge in [-0.2, -0.15) is 0 Å².